The fraction of sp³-hybridized carbons (Fsp3) is 0.294. The summed E-state index contributed by atoms with van der Waals surface area (Å²) in [6.45, 7) is 5.12. The molecule has 0 bridgehead atoms. The zero-order chi connectivity index (χ0) is 14.8. The van der Waals surface area contributed by atoms with Crippen LogP contribution in [0.4, 0.5) is 0 Å². The third-order valence-corrected chi connectivity index (χ3v) is 3.97. The lowest BCUT2D eigenvalue weighted by molar-refractivity contribution is 0.627. The molecular weight excluding hydrogens is 260 g/mol. The van der Waals surface area contributed by atoms with Crippen molar-refractivity contribution >= 4 is 10.9 Å². The molecule has 3 rings (SSSR count). The van der Waals surface area contributed by atoms with Crippen LogP contribution in [0.5, 0.6) is 0 Å². The highest BCUT2D eigenvalue weighted by Gasteiger charge is 2.20. The van der Waals surface area contributed by atoms with Gasteiger partial charge in [0.1, 0.15) is 0 Å². The van der Waals surface area contributed by atoms with Crippen LogP contribution in [0.3, 0.4) is 0 Å². The molecule has 3 aromatic rings. The van der Waals surface area contributed by atoms with Gasteiger partial charge < -0.3 is 5.32 Å². The standard InChI is InChI=1S/C17H20N4/c1-4-18-17(15-11-20-21(3)12(15)2)14-9-5-7-13-8-6-10-19-16(13)14/h5-11,17-18H,4H2,1-3H3. The van der Waals surface area contributed by atoms with Crippen LogP contribution in [0.15, 0.2) is 42.7 Å². The number of hydrogen-bond donors (Lipinski definition) is 1. The maximum Gasteiger partial charge on any atom is 0.0753 e. The third-order valence-electron chi connectivity index (χ3n) is 3.97. The highest BCUT2D eigenvalue weighted by Crippen LogP contribution is 2.29. The van der Waals surface area contributed by atoms with Crippen LogP contribution < -0.4 is 5.32 Å². The third kappa shape index (κ3) is 2.43. The van der Waals surface area contributed by atoms with Crippen molar-refractivity contribution in [2.75, 3.05) is 6.54 Å². The average Bonchev–Trinajstić information content (AvgIpc) is 2.84. The number of hydrogen-bond acceptors (Lipinski definition) is 3. The van der Waals surface area contributed by atoms with Crippen molar-refractivity contribution in [3.63, 3.8) is 0 Å². The SMILES string of the molecule is CCNC(c1cnn(C)c1C)c1cccc2cccnc12. The first kappa shape index (κ1) is 13.8. The van der Waals surface area contributed by atoms with Gasteiger partial charge in [0.25, 0.3) is 0 Å². The maximum atomic E-state index is 4.58. The Bertz CT molecular complexity index is 755. The summed E-state index contributed by atoms with van der Waals surface area (Å²) >= 11 is 0. The maximum absolute atomic E-state index is 4.58. The van der Waals surface area contributed by atoms with Gasteiger partial charge in [0.2, 0.25) is 0 Å². The van der Waals surface area contributed by atoms with E-state index in [1.807, 2.05) is 30.2 Å². The van der Waals surface area contributed by atoms with E-state index in [1.54, 1.807) is 0 Å². The van der Waals surface area contributed by atoms with Gasteiger partial charge >= 0.3 is 0 Å². The molecule has 108 valence electrons. The minimum Gasteiger partial charge on any atom is -0.306 e. The molecule has 1 aromatic carbocycles. The molecule has 1 N–H and O–H groups in total. The molecule has 0 saturated carbocycles. The summed E-state index contributed by atoms with van der Waals surface area (Å²) in [5, 5.41) is 9.12. The molecule has 0 amide bonds. The topological polar surface area (TPSA) is 42.7 Å². The summed E-state index contributed by atoms with van der Waals surface area (Å²) in [7, 11) is 1.98. The van der Waals surface area contributed by atoms with E-state index >= 15 is 0 Å². The van der Waals surface area contributed by atoms with E-state index < -0.39 is 0 Å². The first-order valence-corrected chi connectivity index (χ1v) is 7.28. The van der Waals surface area contributed by atoms with Crippen molar-refractivity contribution in [2.45, 2.75) is 19.9 Å². The molecule has 0 spiro atoms. The van der Waals surface area contributed by atoms with Gasteiger partial charge in [-0.25, -0.2) is 0 Å². The van der Waals surface area contributed by atoms with Gasteiger partial charge in [-0.1, -0.05) is 31.2 Å². The monoisotopic (exact) mass is 280 g/mol. The first-order chi connectivity index (χ1) is 10.2. The van der Waals surface area contributed by atoms with E-state index in [1.165, 1.54) is 22.2 Å². The fourth-order valence-corrected chi connectivity index (χ4v) is 2.75. The smallest absolute Gasteiger partial charge is 0.0753 e. The van der Waals surface area contributed by atoms with Crippen molar-refractivity contribution in [1.29, 1.82) is 0 Å². The molecule has 1 unspecified atom stereocenters. The number of para-hydroxylation sites is 1. The second kappa shape index (κ2) is 5.66. The summed E-state index contributed by atoms with van der Waals surface area (Å²) in [5.41, 5.74) is 4.63. The van der Waals surface area contributed by atoms with Crippen LogP contribution in [0.2, 0.25) is 0 Å². The Labute approximate surface area is 124 Å². The van der Waals surface area contributed by atoms with E-state index in [0.717, 1.165) is 12.1 Å². The van der Waals surface area contributed by atoms with Crippen LogP contribution in [0.1, 0.15) is 29.8 Å². The molecule has 2 aromatic heterocycles. The van der Waals surface area contributed by atoms with Crippen molar-refractivity contribution in [1.82, 2.24) is 20.1 Å². The Morgan fingerprint density at radius 3 is 2.71 bits per heavy atom. The van der Waals surface area contributed by atoms with E-state index in [4.69, 9.17) is 0 Å². The molecule has 0 saturated heterocycles. The molecule has 0 aliphatic rings. The predicted octanol–water partition coefficient (Wildman–Crippen LogP) is 2.98. The van der Waals surface area contributed by atoms with Gasteiger partial charge in [-0.3, -0.25) is 9.67 Å². The number of aromatic nitrogens is 3. The summed E-state index contributed by atoms with van der Waals surface area (Å²) in [4.78, 5) is 4.58. The Balaban J connectivity index is 2.18. The molecule has 0 aliphatic carbocycles. The molecule has 4 nitrogen and oxygen atoms in total. The molecule has 0 radical (unpaired) electrons. The fourth-order valence-electron chi connectivity index (χ4n) is 2.75. The molecule has 0 aliphatic heterocycles. The summed E-state index contributed by atoms with van der Waals surface area (Å²) in [6.07, 6.45) is 3.80. The molecule has 21 heavy (non-hydrogen) atoms. The second-order valence-corrected chi connectivity index (χ2v) is 5.22. The van der Waals surface area contributed by atoms with Gasteiger partial charge in [0, 0.05) is 29.9 Å². The number of pyridine rings is 1. The van der Waals surface area contributed by atoms with Crippen molar-refractivity contribution in [3.05, 3.63) is 59.5 Å². The minimum atomic E-state index is 0.113. The molecular formula is C17H20N4. The normalized spacial score (nSPS) is 12.7. The van der Waals surface area contributed by atoms with E-state index in [0.29, 0.717) is 0 Å². The van der Waals surface area contributed by atoms with Crippen molar-refractivity contribution in [2.24, 2.45) is 7.05 Å². The van der Waals surface area contributed by atoms with Gasteiger partial charge in [-0.05, 0) is 25.1 Å². The van der Waals surface area contributed by atoms with Gasteiger partial charge in [0.05, 0.1) is 17.8 Å². The second-order valence-electron chi connectivity index (χ2n) is 5.22. The molecule has 1 atom stereocenters. The lowest BCUT2D eigenvalue weighted by atomic mass is 9.96. The summed E-state index contributed by atoms with van der Waals surface area (Å²) < 4.78 is 1.91. The van der Waals surface area contributed by atoms with Crippen LogP contribution in [0, 0.1) is 6.92 Å². The average molecular weight is 280 g/mol. The molecule has 4 heteroatoms. The lowest BCUT2D eigenvalue weighted by Crippen LogP contribution is -2.23. The molecule has 0 fully saturated rings. The van der Waals surface area contributed by atoms with Crippen molar-refractivity contribution < 1.29 is 0 Å². The first-order valence-electron chi connectivity index (χ1n) is 7.28. The summed E-state index contributed by atoms with van der Waals surface area (Å²) in [6, 6.07) is 10.5. The highest BCUT2D eigenvalue weighted by atomic mass is 15.3. The van der Waals surface area contributed by atoms with Gasteiger partial charge in [-0.15, -0.1) is 0 Å². The number of nitrogens with one attached hydrogen (secondary N) is 1. The lowest BCUT2D eigenvalue weighted by Gasteiger charge is -2.19. The number of aryl methyl sites for hydroxylation is 1. The van der Waals surface area contributed by atoms with Gasteiger partial charge in [0.15, 0.2) is 0 Å². The minimum absolute atomic E-state index is 0.113. The number of nitrogens with zero attached hydrogens (tertiary/aromatic N) is 3. The van der Waals surface area contributed by atoms with E-state index in [9.17, 15) is 0 Å². The van der Waals surface area contributed by atoms with Crippen LogP contribution in [-0.4, -0.2) is 21.3 Å². The Morgan fingerprint density at radius 2 is 2.00 bits per heavy atom. The number of benzene rings is 1. The quantitative estimate of drug-likeness (QED) is 0.799. The van der Waals surface area contributed by atoms with Crippen LogP contribution in [-0.2, 0) is 7.05 Å². The van der Waals surface area contributed by atoms with Gasteiger partial charge in [-0.2, -0.15) is 5.10 Å². The largest absolute Gasteiger partial charge is 0.306 e. The van der Waals surface area contributed by atoms with E-state index in [2.05, 4.69) is 53.5 Å². The van der Waals surface area contributed by atoms with Crippen molar-refractivity contribution in [3.8, 4) is 0 Å². The zero-order valence-corrected chi connectivity index (χ0v) is 12.7. The predicted molar refractivity (Wildman–Crippen MR) is 85.2 cm³/mol. The zero-order valence-electron chi connectivity index (χ0n) is 12.7. The van der Waals surface area contributed by atoms with E-state index in [-0.39, 0.29) is 6.04 Å². The summed E-state index contributed by atoms with van der Waals surface area (Å²) in [5.74, 6) is 0. The van der Waals surface area contributed by atoms with Crippen LogP contribution >= 0.6 is 0 Å². The Morgan fingerprint density at radius 1 is 1.19 bits per heavy atom. The number of fused-ring (bicyclic) bond motifs is 1. The number of rotatable bonds is 4. The highest BCUT2D eigenvalue weighted by molar-refractivity contribution is 5.82. The Kier molecular flexibility index (Phi) is 3.71. The van der Waals surface area contributed by atoms with Crippen LogP contribution in [0.25, 0.3) is 10.9 Å². The Hall–Kier alpha value is -2.20. The molecule has 2 heterocycles.